The molecule has 0 spiro atoms. The zero-order valence-electron chi connectivity index (χ0n) is 44.0. The van der Waals surface area contributed by atoms with E-state index >= 15 is 0 Å². The molecule has 1 amide bonds. The topological polar surface area (TPSA) is 95.9 Å². The zero-order chi connectivity index (χ0) is 47.2. The minimum Gasteiger partial charge on any atom is -0.466 e. The fourth-order valence-electron chi connectivity index (χ4n) is 9.28. The summed E-state index contributed by atoms with van der Waals surface area (Å²) in [6.07, 6.45) is 65.4. The van der Waals surface area contributed by atoms with E-state index in [1.54, 1.807) is 6.08 Å². The Hall–Kier alpha value is -1.40. The number of carbonyl (C=O) groups is 2. The maximum absolute atomic E-state index is 12.4. The highest BCUT2D eigenvalue weighted by Crippen LogP contribution is 2.18. The number of unbranched alkanes of at least 4 members (excludes halogenated alkanes) is 44. The summed E-state index contributed by atoms with van der Waals surface area (Å²) in [5.74, 6) is -0.0487. The lowest BCUT2D eigenvalue weighted by molar-refractivity contribution is -0.143. The third-order valence-corrected chi connectivity index (χ3v) is 13.8. The standard InChI is InChI=1S/C59H115NO5/c1-3-5-7-9-11-13-15-33-37-41-45-49-53-59(64)65-54-50-46-42-38-34-31-29-27-25-23-21-19-17-16-18-20-22-24-26-28-30-32-36-40-44-48-52-58(63)60-56(55-61)57(62)51-47-43-39-35-14-12-10-8-6-4-2/h47,51,56-57,61-62H,3-46,48-50,52-55H2,1-2H3,(H,60,63)/b51-47+. The SMILES string of the molecule is CCCCCCCCCC/C=C/C(O)C(CO)NC(=O)CCCCCCCCCCCCCCCCCCCCCCCCCCCCOC(=O)CCCCCCCCCCCCCC. The number of hydrogen-bond donors (Lipinski definition) is 3. The van der Waals surface area contributed by atoms with Gasteiger partial charge in [-0.3, -0.25) is 9.59 Å². The van der Waals surface area contributed by atoms with Gasteiger partial charge in [0.15, 0.2) is 0 Å². The van der Waals surface area contributed by atoms with Gasteiger partial charge in [-0.2, -0.15) is 0 Å². The van der Waals surface area contributed by atoms with Crippen molar-refractivity contribution < 1.29 is 24.5 Å². The fraction of sp³-hybridized carbons (Fsp3) is 0.932. The van der Waals surface area contributed by atoms with Crippen molar-refractivity contribution in [2.75, 3.05) is 13.2 Å². The molecule has 0 bridgehead atoms. The summed E-state index contributed by atoms with van der Waals surface area (Å²) in [4.78, 5) is 24.4. The Labute approximate surface area is 406 Å². The molecular formula is C59H115NO5. The Morgan fingerprint density at radius 1 is 0.415 bits per heavy atom. The predicted molar refractivity (Wildman–Crippen MR) is 283 cm³/mol. The number of amides is 1. The number of aliphatic hydroxyl groups excluding tert-OH is 2. The summed E-state index contributed by atoms with van der Waals surface area (Å²) < 4.78 is 5.47. The largest absolute Gasteiger partial charge is 0.466 e. The first-order chi connectivity index (χ1) is 32.0. The molecule has 0 rings (SSSR count). The lowest BCUT2D eigenvalue weighted by Gasteiger charge is -2.20. The maximum atomic E-state index is 12.4. The van der Waals surface area contributed by atoms with Gasteiger partial charge >= 0.3 is 5.97 Å². The molecular weight excluding hydrogens is 803 g/mol. The summed E-state index contributed by atoms with van der Waals surface area (Å²) in [5.41, 5.74) is 0. The van der Waals surface area contributed by atoms with Crippen molar-refractivity contribution in [3.8, 4) is 0 Å². The number of ether oxygens (including phenoxy) is 1. The predicted octanol–water partition coefficient (Wildman–Crippen LogP) is 18.1. The molecule has 0 saturated heterocycles. The Balaban J connectivity index is 3.33. The molecule has 0 aromatic heterocycles. The van der Waals surface area contributed by atoms with Crippen molar-refractivity contribution in [2.45, 2.75) is 341 Å². The second-order valence-corrected chi connectivity index (χ2v) is 20.3. The van der Waals surface area contributed by atoms with Crippen LogP contribution in [-0.2, 0) is 14.3 Å². The van der Waals surface area contributed by atoms with E-state index < -0.39 is 12.1 Å². The van der Waals surface area contributed by atoms with Crippen molar-refractivity contribution in [3.63, 3.8) is 0 Å². The molecule has 2 atom stereocenters. The van der Waals surface area contributed by atoms with Gasteiger partial charge in [0, 0.05) is 12.8 Å². The van der Waals surface area contributed by atoms with Crippen molar-refractivity contribution in [1.82, 2.24) is 5.32 Å². The van der Waals surface area contributed by atoms with E-state index in [1.807, 2.05) is 6.08 Å². The highest BCUT2D eigenvalue weighted by atomic mass is 16.5. The first-order valence-electron chi connectivity index (χ1n) is 29.5. The van der Waals surface area contributed by atoms with E-state index in [-0.39, 0.29) is 18.5 Å². The number of aliphatic hydroxyl groups is 2. The number of allylic oxidation sites excluding steroid dienone is 1. The van der Waals surface area contributed by atoms with Gasteiger partial charge in [0.1, 0.15) is 0 Å². The minimum absolute atomic E-state index is 0.0177. The van der Waals surface area contributed by atoms with Crippen LogP contribution in [0.3, 0.4) is 0 Å². The second kappa shape index (κ2) is 55.2. The molecule has 2 unspecified atom stereocenters. The summed E-state index contributed by atoms with van der Waals surface area (Å²) >= 11 is 0. The molecule has 0 radical (unpaired) electrons. The van der Waals surface area contributed by atoms with Gasteiger partial charge in [0.25, 0.3) is 0 Å². The van der Waals surface area contributed by atoms with Crippen LogP contribution in [0.2, 0.25) is 0 Å². The molecule has 386 valence electrons. The first kappa shape index (κ1) is 63.6. The number of hydrogen-bond acceptors (Lipinski definition) is 5. The Morgan fingerprint density at radius 3 is 1.05 bits per heavy atom. The monoisotopic (exact) mass is 918 g/mol. The van der Waals surface area contributed by atoms with Crippen LogP contribution in [0.5, 0.6) is 0 Å². The Bertz CT molecular complexity index is 970. The van der Waals surface area contributed by atoms with Gasteiger partial charge in [-0.05, 0) is 32.1 Å². The third kappa shape index (κ3) is 51.8. The molecule has 0 aliphatic rings. The van der Waals surface area contributed by atoms with Crippen molar-refractivity contribution in [2.24, 2.45) is 0 Å². The van der Waals surface area contributed by atoms with Crippen molar-refractivity contribution in [1.29, 1.82) is 0 Å². The molecule has 0 aromatic carbocycles. The average molecular weight is 919 g/mol. The molecule has 6 heteroatoms. The first-order valence-corrected chi connectivity index (χ1v) is 29.5. The van der Waals surface area contributed by atoms with E-state index in [0.717, 1.165) is 38.5 Å². The molecule has 0 fully saturated rings. The van der Waals surface area contributed by atoms with E-state index in [4.69, 9.17) is 4.74 Å². The molecule has 0 saturated carbocycles. The molecule has 0 aliphatic heterocycles. The number of rotatable bonds is 55. The van der Waals surface area contributed by atoms with Gasteiger partial charge in [-0.15, -0.1) is 0 Å². The lowest BCUT2D eigenvalue weighted by Crippen LogP contribution is -2.45. The summed E-state index contributed by atoms with van der Waals surface area (Å²) in [6.45, 7) is 4.90. The average Bonchev–Trinajstić information content (AvgIpc) is 3.31. The van der Waals surface area contributed by atoms with Crippen LogP contribution in [0.1, 0.15) is 328 Å². The molecule has 0 heterocycles. The number of esters is 1. The third-order valence-electron chi connectivity index (χ3n) is 13.8. The maximum Gasteiger partial charge on any atom is 0.305 e. The van der Waals surface area contributed by atoms with E-state index in [9.17, 15) is 19.8 Å². The number of nitrogens with one attached hydrogen (secondary N) is 1. The Kier molecular flexibility index (Phi) is 54.0. The second-order valence-electron chi connectivity index (χ2n) is 20.3. The molecule has 0 aromatic rings. The van der Waals surface area contributed by atoms with Crippen LogP contribution in [0.15, 0.2) is 12.2 Å². The van der Waals surface area contributed by atoms with Crippen LogP contribution >= 0.6 is 0 Å². The summed E-state index contributed by atoms with van der Waals surface area (Å²) in [6, 6.07) is -0.623. The van der Waals surface area contributed by atoms with Crippen LogP contribution in [0, 0.1) is 0 Å². The normalized spacial score (nSPS) is 12.6. The lowest BCUT2D eigenvalue weighted by atomic mass is 10.0. The summed E-state index contributed by atoms with van der Waals surface area (Å²) in [7, 11) is 0. The van der Waals surface area contributed by atoms with Crippen LogP contribution in [0.4, 0.5) is 0 Å². The van der Waals surface area contributed by atoms with E-state index in [1.165, 1.54) is 263 Å². The molecule has 65 heavy (non-hydrogen) atoms. The highest BCUT2D eigenvalue weighted by Gasteiger charge is 2.18. The van der Waals surface area contributed by atoms with Crippen LogP contribution in [0.25, 0.3) is 0 Å². The van der Waals surface area contributed by atoms with Gasteiger partial charge in [0.2, 0.25) is 5.91 Å². The highest BCUT2D eigenvalue weighted by molar-refractivity contribution is 5.76. The van der Waals surface area contributed by atoms with Gasteiger partial charge in [0.05, 0.1) is 25.4 Å². The van der Waals surface area contributed by atoms with Crippen molar-refractivity contribution >= 4 is 11.9 Å². The quantitative estimate of drug-likeness (QED) is 0.0321. The van der Waals surface area contributed by atoms with Crippen LogP contribution < -0.4 is 5.32 Å². The fourth-order valence-corrected chi connectivity index (χ4v) is 9.28. The zero-order valence-corrected chi connectivity index (χ0v) is 44.0. The van der Waals surface area contributed by atoms with Crippen LogP contribution in [-0.4, -0.2) is 47.4 Å². The van der Waals surface area contributed by atoms with E-state index in [0.29, 0.717) is 19.4 Å². The number of carbonyl (C=O) groups excluding carboxylic acids is 2. The molecule has 6 nitrogen and oxygen atoms in total. The van der Waals surface area contributed by atoms with Crippen molar-refractivity contribution in [3.05, 3.63) is 12.2 Å². The van der Waals surface area contributed by atoms with Gasteiger partial charge < -0.3 is 20.3 Å². The minimum atomic E-state index is -0.840. The molecule has 3 N–H and O–H groups in total. The smallest absolute Gasteiger partial charge is 0.305 e. The van der Waals surface area contributed by atoms with Gasteiger partial charge in [-0.1, -0.05) is 296 Å². The molecule has 0 aliphatic carbocycles. The summed E-state index contributed by atoms with van der Waals surface area (Å²) in [5, 5.41) is 23.0. The van der Waals surface area contributed by atoms with E-state index in [2.05, 4.69) is 19.2 Å². The van der Waals surface area contributed by atoms with Gasteiger partial charge in [-0.25, -0.2) is 0 Å². The Morgan fingerprint density at radius 2 is 0.708 bits per heavy atom.